The number of hydrogen-bond acceptors (Lipinski definition) is 4. The Bertz CT molecular complexity index is 882. The van der Waals surface area contributed by atoms with Crippen molar-refractivity contribution >= 4 is 29.9 Å². The highest BCUT2D eigenvalue weighted by atomic mass is 127. The number of halogens is 1. The molecule has 5 rings (SSSR count). The van der Waals surface area contributed by atoms with Crippen LogP contribution in [0.15, 0.2) is 35.3 Å². The van der Waals surface area contributed by atoms with Crippen LogP contribution >= 0.6 is 24.0 Å². The van der Waals surface area contributed by atoms with Gasteiger partial charge in [0.05, 0.1) is 18.2 Å². The largest absolute Gasteiger partial charge is 0.374 e. The van der Waals surface area contributed by atoms with Crippen molar-refractivity contribution in [1.29, 1.82) is 0 Å². The second-order valence-electron chi connectivity index (χ2n) is 8.66. The maximum atomic E-state index is 6.16. The van der Waals surface area contributed by atoms with Gasteiger partial charge in [-0.2, -0.15) is 0 Å². The highest BCUT2D eigenvalue weighted by Crippen LogP contribution is 2.47. The highest BCUT2D eigenvalue weighted by molar-refractivity contribution is 14.0. The zero-order chi connectivity index (χ0) is 20.0. The van der Waals surface area contributed by atoms with Crippen LogP contribution in [0.25, 0.3) is 0 Å². The van der Waals surface area contributed by atoms with E-state index in [0.29, 0.717) is 30.6 Å². The number of nitrogens with zero attached hydrogens (tertiary/aromatic N) is 5. The second-order valence-corrected chi connectivity index (χ2v) is 8.66. The maximum Gasteiger partial charge on any atom is 0.194 e. The van der Waals surface area contributed by atoms with Gasteiger partial charge < -0.3 is 19.5 Å². The maximum absolute atomic E-state index is 6.16. The van der Waals surface area contributed by atoms with Gasteiger partial charge in [-0.15, -0.1) is 34.2 Å². The van der Waals surface area contributed by atoms with E-state index in [0.717, 1.165) is 30.7 Å². The van der Waals surface area contributed by atoms with Gasteiger partial charge in [0.15, 0.2) is 11.8 Å². The van der Waals surface area contributed by atoms with Crippen molar-refractivity contribution in [3.8, 4) is 0 Å². The molecule has 0 saturated carbocycles. The average Bonchev–Trinajstić information content (AvgIpc) is 3.50. The number of aryl methyl sites for hydroxylation is 1. The summed E-state index contributed by atoms with van der Waals surface area (Å²) >= 11 is 0. The van der Waals surface area contributed by atoms with Gasteiger partial charge in [0.1, 0.15) is 12.4 Å². The molecule has 0 radical (unpaired) electrons. The number of aliphatic imine (C=N–C) groups is 1. The van der Waals surface area contributed by atoms with Crippen molar-refractivity contribution in [1.82, 2.24) is 25.0 Å². The molecule has 3 saturated heterocycles. The first kappa shape index (κ1) is 21.5. The van der Waals surface area contributed by atoms with Crippen LogP contribution in [0.5, 0.6) is 0 Å². The Hall–Kier alpha value is -1.68. The van der Waals surface area contributed by atoms with Crippen molar-refractivity contribution in [2.24, 2.45) is 23.9 Å². The molecule has 8 heteroatoms. The van der Waals surface area contributed by atoms with Gasteiger partial charge in [-0.1, -0.05) is 30.3 Å². The number of likely N-dealkylation sites (tertiary alicyclic amines) is 1. The predicted molar refractivity (Wildman–Crippen MR) is 127 cm³/mol. The summed E-state index contributed by atoms with van der Waals surface area (Å²) in [5.41, 5.74) is 1.26. The van der Waals surface area contributed by atoms with Crippen LogP contribution in [-0.2, 0) is 18.3 Å². The fourth-order valence-corrected chi connectivity index (χ4v) is 5.12. The van der Waals surface area contributed by atoms with E-state index in [-0.39, 0.29) is 30.0 Å². The zero-order valence-electron chi connectivity index (χ0n) is 17.9. The van der Waals surface area contributed by atoms with Crippen LogP contribution in [0.4, 0.5) is 0 Å². The molecule has 5 unspecified atom stereocenters. The SMILES string of the molecule is Cc1nnc(CN=C(NC(C)c2ccccc2)N2CC3C4CCC(O4)C3C2)n1C.I. The first-order valence-corrected chi connectivity index (χ1v) is 10.7. The molecular formula is C22H31IN6O. The molecule has 3 aliphatic rings. The number of benzene rings is 1. The summed E-state index contributed by atoms with van der Waals surface area (Å²) in [5.74, 6) is 4.05. The lowest BCUT2D eigenvalue weighted by atomic mass is 9.82. The van der Waals surface area contributed by atoms with E-state index in [9.17, 15) is 0 Å². The number of aromatic nitrogens is 3. The van der Waals surface area contributed by atoms with Crippen LogP contribution < -0.4 is 5.32 Å². The highest BCUT2D eigenvalue weighted by Gasteiger charge is 2.53. The third-order valence-electron chi connectivity index (χ3n) is 6.95. The number of fused-ring (bicyclic) bond motifs is 5. The zero-order valence-corrected chi connectivity index (χ0v) is 20.2. The van der Waals surface area contributed by atoms with Crippen LogP contribution in [-0.4, -0.2) is 50.9 Å². The average molecular weight is 522 g/mol. The Labute approximate surface area is 195 Å². The van der Waals surface area contributed by atoms with E-state index in [1.165, 1.54) is 18.4 Å². The third kappa shape index (κ3) is 3.95. The van der Waals surface area contributed by atoms with Gasteiger partial charge in [0.25, 0.3) is 0 Å². The molecule has 3 aliphatic heterocycles. The molecule has 5 atom stereocenters. The standard InChI is InChI=1S/C22H30N6O.HI/c1-14(16-7-5-4-6-8-16)24-22(23-11-21-26-25-15(2)27(21)3)28-12-17-18(13-28)20-10-9-19(17)29-20;/h4-8,14,17-20H,9-13H2,1-3H3,(H,23,24);1H. The van der Waals surface area contributed by atoms with Crippen molar-refractivity contribution < 1.29 is 4.74 Å². The topological polar surface area (TPSA) is 67.6 Å². The molecule has 1 aromatic carbocycles. The number of guanidine groups is 1. The Balaban J connectivity index is 0.00000218. The summed E-state index contributed by atoms with van der Waals surface area (Å²) in [6.45, 7) is 6.74. The quantitative estimate of drug-likeness (QED) is 0.380. The Kier molecular flexibility index (Phi) is 6.34. The number of nitrogens with one attached hydrogen (secondary N) is 1. The van der Waals surface area contributed by atoms with Gasteiger partial charge in [-0.25, -0.2) is 4.99 Å². The van der Waals surface area contributed by atoms with Crippen molar-refractivity contribution in [2.45, 2.75) is 51.5 Å². The van der Waals surface area contributed by atoms with E-state index in [1.54, 1.807) is 0 Å². The van der Waals surface area contributed by atoms with Crippen LogP contribution in [0, 0.1) is 18.8 Å². The van der Waals surface area contributed by atoms with Crippen LogP contribution in [0.2, 0.25) is 0 Å². The smallest absolute Gasteiger partial charge is 0.194 e. The van der Waals surface area contributed by atoms with Gasteiger partial charge in [-0.3, -0.25) is 0 Å². The minimum atomic E-state index is 0. The minimum absolute atomic E-state index is 0. The molecule has 0 spiro atoms. The lowest BCUT2D eigenvalue weighted by Crippen LogP contribution is -2.42. The Morgan fingerprint density at radius 1 is 1.17 bits per heavy atom. The molecule has 4 heterocycles. The molecule has 1 aromatic heterocycles. The third-order valence-corrected chi connectivity index (χ3v) is 6.95. The van der Waals surface area contributed by atoms with Crippen LogP contribution in [0.3, 0.4) is 0 Å². The predicted octanol–water partition coefficient (Wildman–Crippen LogP) is 3.06. The molecule has 2 bridgehead atoms. The normalized spacial score (nSPS) is 28.4. The summed E-state index contributed by atoms with van der Waals surface area (Å²) in [6.07, 6.45) is 3.34. The molecule has 3 fully saturated rings. The van der Waals surface area contributed by atoms with E-state index >= 15 is 0 Å². The molecule has 0 aliphatic carbocycles. The lowest BCUT2D eigenvalue weighted by Gasteiger charge is -2.26. The number of hydrogen-bond donors (Lipinski definition) is 1. The van der Waals surface area contributed by atoms with Gasteiger partial charge >= 0.3 is 0 Å². The van der Waals surface area contributed by atoms with E-state index in [4.69, 9.17) is 9.73 Å². The van der Waals surface area contributed by atoms with Crippen LogP contribution in [0.1, 0.15) is 43.0 Å². The molecule has 1 N–H and O–H groups in total. The molecular weight excluding hydrogens is 491 g/mol. The minimum Gasteiger partial charge on any atom is -0.374 e. The number of ether oxygens (including phenoxy) is 1. The Morgan fingerprint density at radius 2 is 1.83 bits per heavy atom. The first-order chi connectivity index (χ1) is 14.1. The first-order valence-electron chi connectivity index (χ1n) is 10.7. The molecule has 7 nitrogen and oxygen atoms in total. The second kappa shape index (κ2) is 8.82. The lowest BCUT2D eigenvalue weighted by molar-refractivity contribution is 0.0766. The van der Waals surface area contributed by atoms with Crippen molar-refractivity contribution in [3.05, 3.63) is 47.5 Å². The van der Waals surface area contributed by atoms with E-state index in [2.05, 4.69) is 57.7 Å². The van der Waals surface area contributed by atoms with E-state index in [1.807, 2.05) is 18.5 Å². The fraction of sp³-hybridized carbons (Fsp3) is 0.591. The van der Waals surface area contributed by atoms with Crippen molar-refractivity contribution in [2.75, 3.05) is 13.1 Å². The monoisotopic (exact) mass is 522 g/mol. The summed E-state index contributed by atoms with van der Waals surface area (Å²) < 4.78 is 8.17. The molecule has 2 aromatic rings. The van der Waals surface area contributed by atoms with Gasteiger partial charge in [-0.05, 0) is 32.3 Å². The summed E-state index contributed by atoms with van der Waals surface area (Å²) in [5, 5.41) is 12.1. The molecule has 162 valence electrons. The van der Waals surface area contributed by atoms with Crippen molar-refractivity contribution in [3.63, 3.8) is 0 Å². The Morgan fingerprint density at radius 3 is 2.43 bits per heavy atom. The van der Waals surface area contributed by atoms with Gasteiger partial charge in [0, 0.05) is 32.0 Å². The van der Waals surface area contributed by atoms with Gasteiger partial charge in [0.2, 0.25) is 0 Å². The summed E-state index contributed by atoms with van der Waals surface area (Å²) in [7, 11) is 2.00. The summed E-state index contributed by atoms with van der Waals surface area (Å²) in [4.78, 5) is 7.42. The molecule has 0 amide bonds. The fourth-order valence-electron chi connectivity index (χ4n) is 5.12. The molecule has 30 heavy (non-hydrogen) atoms. The number of rotatable bonds is 4. The van der Waals surface area contributed by atoms with E-state index < -0.39 is 0 Å². The summed E-state index contributed by atoms with van der Waals surface area (Å²) in [6, 6.07) is 10.7.